The molecule has 1 heterocycles. The minimum absolute atomic E-state index is 0.211. The first-order valence-corrected chi connectivity index (χ1v) is 6.08. The average Bonchev–Trinajstić information content (AvgIpc) is 2.71. The molecule has 0 aliphatic rings. The van der Waals surface area contributed by atoms with E-state index in [1.165, 1.54) is 12.1 Å². The second-order valence-electron chi connectivity index (χ2n) is 3.88. The monoisotopic (exact) mass is 251 g/mol. The SMILES string of the molecule is Cc1ncc(C(NN)c2cc(F)ccc2C)s1. The number of thiazole rings is 1. The van der Waals surface area contributed by atoms with E-state index in [-0.39, 0.29) is 11.9 Å². The second-order valence-corrected chi connectivity index (χ2v) is 5.15. The van der Waals surface area contributed by atoms with E-state index >= 15 is 0 Å². The van der Waals surface area contributed by atoms with Crippen molar-refractivity contribution in [1.82, 2.24) is 10.4 Å². The van der Waals surface area contributed by atoms with E-state index in [9.17, 15) is 4.39 Å². The Hall–Kier alpha value is -1.30. The summed E-state index contributed by atoms with van der Waals surface area (Å²) in [5.74, 6) is 5.31. The van der Waals surface area contributed by atoms with Crippen molar-refractivity contribution in [3.8, 4) is 0 Å². The van der Waals surface area contributed by atoms with Crippen LogP contribution in [0.15, 0.2) is 24.4 Å². The Morgan fingerprint density at radius 1 is 1.41 bits per heavy atom. The maximum atomic E-state index is 13.3. The van der Waals surface area contributed by atoms with Gasteiger partial charge in [0.15, 0.2) is 0 Å². The zero-order chi connectivity index (χ0) is 12.4. The van der Waals surface area contributed by atoms with Gasteiger partial charge in [0, 0.05) is 11.1 Å². The van der Waals surface area contributed by atoms with Crippen molar-refractivity contribution in [3.63, 3.8) is 0 Å². The molecular formula is C12H14FN3S. The molecule has 2 rings (SSSR count). The highest BCUT2D eigenvalue weighted by Gasteiger charge is 2.17. The van der Waals surface area contributed by atoms with Crippen LogP contribution < -0.4 is 11.3 Å². The molecule has 0 radical (unpaired) electrons. The van der Waals surface area contributed by atoms with Crippen molar-refractivity contribution in [2.24, 2.45) is 5.84 Å². The van der Waals surface area contributed by atoms with E-state index in [4.69, 9.17) is 5.84 Å². The lowest BCUT2D eigenvalue weighted by Gasteiger charge is -2.16. The number of hydrogen-bond donors (Lipinski definition) is 2. The molecule has 0 spiro atoms. The molecule has 3 N–H and O–H groups in total. The van der Waals surface area contributed by atoms with Crippen molar-refractivity contribution in [3.05, 3.63) is 51.2 Å². The van der Waals surface area contributed by atoms with Gasteiger partial charge in [-0.25, -0.2) is 14.8 Å². The predicted molar refractivity (Wildman–Crippen MR) is 67.2 cm³/mol. The van der Waals surface area contributed by atoms with Gasteiger partial charge in [0.1, 0.15) is 5.82 Å². The number of nitrogens with one attached hydrogen (secondary N) is 1. The molecule has 0 aliphatic carbocycles. The van der Waals surface area contributed by atoms with E-state index in [0.29, 0.717) is 0 Å². The molecule has 0 saturated carbocycles. The Morgan fingerprint density at radius 3 is 2.76 bits per heavy atom. The quantitative estimate of drug-likeness (QED) is 0.651. The fourth-order valence-corrected chi connectivity index (χ4v) is 2.62. The molecule has 3 nitrogen and oxygen atoms in total. The highest BCUT2D eigenvalue weighted by molar-refractivity contribution is 7.11. The number of aromatic nitrogens is 1. The summed E-state index contributed by atoms with van der Waals surface area (Å²) >= 11 is 1.55. The van der Waals surface area contributed by atoms with Crippen LogP contribution in [0.3, 0.4) is 0 Å². The van der Waals surface area contributed by atoms with Crippen LogP contribution >= 0.6 is 11.3 Å². The van der Waals surface area contributed by atoms with Crippen LogP contribution in [0.2, 0.25) is 0 Å². The number of hydrogen-bond acceptors (Lipinski definition) is 4. The predicted octanol–water partition coefficient (Wildman–Crippen LogP) is 2.45. The number of benzene rings is 1. The molecular weight excluding hydrogens is 237 g/mol. The summed E-state index contributed by atoms with van der Waals surface area (Å²) in [5.41, 5.74) is 4.56. The molecule has 1 aromatic carbocycles. The third-order valence-electron chi connectivity index (χ3n) is 2.64. The summed E-state index contributed by atoms with van der Waals surface area (Å²) in [6, 6.07) is 4.50. The van der Waals surface area contributed by atoms with Crippen LogP contribution in [0.25, 0.3) is 0 Å². The zero-order valence-electron chi connectivity index (χ0n) is 9.70. The third-order valence-corrected chi connectivity index (χ3v) is 3.62. The van der Waals surface area contributed by atoms with Gasteiger partial charge in [0.2, 0.25) is 0 Å². The summed E-state index contributed by atoms with van der Waals surface area (Å²) in [4.78, 5) is 5.18. The first kappa shape index (κ1) is 12.2. The van der Waals surface area contributed by atoms with Crippen molar-refractivity contribution in [2.75, 3.05) is 0 Å². The molecule has 1 atom stereocenters. The molecule has 17 heavy (non-hydrogen) atoms. The lowest BCUT2D eigenvalue weighted by Crippen LogP contribution is -2.28. The first-order valence-electron chi connectivity index (χ1n) is 5.26. The molecule has 1 aromatic heterocycles. The fraction of sp³-hybridized carbons (Fsp3) is 0.250. The van der Waals surface area contributed by atoms with Gasteiger partial charge in [-0.2, -0.15) is 0 Å². The zero-order valence-corrected chi connectivity index (χ0v) is 10.5. The number of aryl methyl sites for hydroxylation is 2. The maximum absolute atomic E-state index is 13.3. The summed E-state index contributed by atoms with van der Waals surface area (Å²) in [5, 5.41) is 0.967. The summed E-state index contributed by atoms with van der Waals surface area (Å²) in [7, 11) is 0. The maximum Gasteiger partial charge on any atom is 0.123 e. The number of nitrogens with two attached hydrogens (primary N) is 1. The van der Waals surface area contributed by atoms with Gasteiger partial charge in [0.05, 0.1) is 11.0 Å². The Balaban J connectivity index is 2.45. The molecule has 90 valence electrons. The topological polar surface area (TPSA) is 50.9 Å². The minimum atomic E-state index is -0.257. The standard InChI is InChI=1S/C12H14FN3S/c1-7-3-4-9(13)5-10(7)12(16-14)11-6-15-8(2)17-11/h3-6,12,16H,14H2,1-2H3. The van der Waals surface area contributed by atoms with Crippen molar-refractivity contribution in [1.29, 1.82) is 0 Å². The molecule has 2 aromatic rings. The van der Waals surface area contributed by atoms with Gasteiger partial charge in [-0.3, -0.25) is 5.84 Å². The van der Waals surface area contributed by atoms with Crippen LogP contribution in [0.1, 0.15) is 27.1 Å². The first-order chi connectivity index (χ1) is 8.11. The minimum Gasteiger partial charge on any atom is -0.271 e. The van der Waals surface area contributed by atoms with Gasteiger partial charge < -0.3 is 0 Å². The second kappa shape index (κ2) is 4.91. The van der Waals surface area contributed by atoms with Crippen LogP contribution in [0, 0.1) is 19.7 Å². The highest BCUT2D eigenvalue weighted by atomic mass is 32.1. The number of hydrazine groups is 1. The van der Waals surface area contributed by atoms with Crippen LogP contribution in [0.5, 0.6) is 0 Å². The smallest absolute Gasteiger partial charge is 0.123 e. The summed E-state index contributed by atoms with van der Waals surface area (Å²) < 4.78 is 13.3. The van der Waals surface area contributed by atoms with Gasteiger partial charge in [-0.05, 0) is 37.1 Å². The lowest BCUT2D eigenvalue weighted by molar-refractivity contribution is 0.606. The van der Waals surface area contributed by atoms with Crippen molar-refractivity contribution >= 4 is 11.3 Å². The Bertz CT molecular complexity index is 524. The van der Waals surface area contributed by atoms with E-state index in [1.807, 2.05) is 13.8 Å². The van der Waals surface area contributed by atoms with Crippen molar-refractivity contribution in [2.45, 2.75) is 19.9 Å². The molecule has 5 heteroatoms. The third kappa shape index (κ3) is 2.52. The average molecular weight is 251 g/mol. The number of rotatable bonds is 3. The molecule has 0 bridgehead atoms. The number of nitrogens with zero attached hydrogens (tertiary/aromatic N) is 1. The van der Waals surface area contributed by atoms with Gasteiger partial charge >= 0.3 is 0 Å². The normalized spacial score (nSPS) is 12.7. The van der Waals surface area contributed by atoms with Gasteiger partial charge in [0.25, 0.3) is 0 Å². The Labute approximate surface area is 103 Å². The lowest BCUT2D eigenvalue weighted by atomic mass is 10.0. The van der Waals surface area contributed by atoms with E-state index in [1.54, 1.807) is 23.6 Å². The Morgan fingerprint density at radius 2 is 2.18 bits per heavy atom. The van der Waals surface area contributed by atoms with E-state index < -0.39 is 0 Å². The molecule has 0 fully saturated rings. The van der Waals surface area contributed by atoms with Crippen LogP contribution in [0.4, 0.5) is 4.39 Å². The molecule has 0 amide bonds. The molecule has 0 saturated heterocycles. The molecule has 1 unspecified atom stereocenters. The number of halogens is 1. The van der Waals surface area contributed by atoms with E-state index in [2.05, 4.69) is 10.4 Å². The highest BCUT2D eigenvalue weighted by Crippen LogP contribution is 2.28. The Kier molecular flexibility index (Phi) is 3.51. The fourth-order valence-electron chi connectivity index (χ4n) is 1.76. The van der Waals surface area contributed by atoms with Crippen molar-refractivity contribution < 1.29 is 4.39 Å². The largest absolute Gasteiger partial charge is 0.271 e. The molecule has 0 aliphatic heterocycles. The van der Waals surface area contributed by atoms with E-state index in [0.717, 1.165) is 21.0 Å². The van der Waals surface area contributed by atoms with Crippen LogP contribution in [-0.4, -0.2) is 4.98 Å². The van der Waals surface area contributed by atoms with Gasteiger partial charge in [-0.1, -0.05) is 6.07 Å². The van der Waals surface area contributed by atoms with Crippen LogP contribution in [-0.2, 0) is 0 Å². The van der Waals surface area contributed by atoms with Gasteiger partial charge in [-0.15, -0.1) is 11.3 Å². The summed E-state index contributed by atoms with van der Waals surface area (Å²) in [6.45, 7) is 3.87. The summed E-state index contributed by atoms with van der Waals surface area (Å²) in [6.07, 6.45) is 1.77.